The van der Waals surface area contributed by atoms with E-state index in [4.69, 9.17) is 10.5 Å². The van der Waals surface area contributed by atoms with E-state index >= 15 is 0 Å². The number of nitrogens with one attached hydrogen (secondary N) is 1. The minimum absolute atomic E-state index is 0.000283. The fraction of sp³-hybridized carbons (Fsp3) is 0.588. The standard InChI is InChI=1S/C17H26N2O2/c1-17(2,3)15(8-10-18)19-16(20)13-9-11-21-14-7-5-4-6-12(13)14/h4-7,13,15H,8-11,18H2,1-3H3,(H,19,20). The fourth-order valence-corrected chi connectivity index (χ4v) is 2.78. The van der Waals surface area contributed by atoms with Gasteiger partial charge in [-0.05, 0) is 30.9 Å². The molecular weight excluding hydrogens is 264 g/mol. The molecule has 1 aromatic rings. The second kappa shape index (κ2) is 6.48. The maximum Gasteiger partial charge on any atom is 0.228 e. The molecule has 1 aliphatic rings. The Bertz CT molecular complexity index is 494. The lowest BCUT2D eigenvalue weighted by Gasteiger charge is -2.33. The summed E-state index contributed by atoms with van der Waals surface area (Å²) in [4.78, 5) is 12.7. The summed E-state index contributed by atoms with van der Waals surface area (Å²) in [7, 11) is 0. The Labute approximate surface area is 127 Å². The number of ether oxygens (including phenoxy) is 1. The van der Waals surface area contributed by atoms with Gasteiger partial charge in [0.25, 0.3) is 0 Å². The molecule has 0 fully saturated rings. The number of para-hydroxylation sites is 1. The van der Waals surface area contributed by atoms with Crippen molar-refractivity contribution < 1.29 is 9.53 Å². The monoisotopic (exact) mass is 290 g/mol. The van der Waals surface area contributed by atoms with E-state index in [2.05, 4.69) is 26.1 Å². The van der Waals surface area contributed by atoms with Crippen molar-refractivity contribution in [2.24, 2.45) is 11.1 Å². The lowest BCUT2D eigenvalue weighted by molar-refractivity contribution is -0.124. The number of hydrogen-bond acceptors (Lipinski definition) is 3. The molecule has 4 heteroatoms. The second-order valence-corrected chi connectivity index (χ2v) is 6.73. The van der Waals surface area contributed by atoms with Crippen LogP contribution in [0.25, 0.3) is 0 Å². The number of hydrogen-bond donors (Lipinski definition) is 2. The zero-order valence-electron chi connectivity index (χ0n) is 13.2. The van der Waals surface area contributed by atoms with Crippen LogP contribution in [-0.2, 0) is 4.79 Å². The topological polar surface area (TPSA) is 64.3 Å². The highest BCUT2D eigenvalue weighted by molar-refractivity contribution is 5.85. The zero-order valence-corrected chi connectivity index (χ0v) is 13.2. The molecule has 1 aromatic carbocycles. The van der Waals surface area contributed by atoms with Crippen LogP contribution in [0, 0.1) is 5.41 Å². The highest BCUT2D eigenvalue weighted by Crippen LogP contribution is 2.34. The predicted molar refractivity (Wildman–Crippen MR) is 84.4 cm³/mol. The van der Waals surface area contributed by atoms with Crippen molar-refractivity contribution >= 4 is 5.91 Å². The number of fused-ring (bicyclic) bond motifs is 1. The van der Waals surface area contributed by atoms with Gasteiger partial charge in [-0.3, -0.25) is 4.79 Å². The van der Waals surface area contributed by atoms with E-state index in [1.54, 1.807) is 0 Å². The van der Waals surface area contributed by atoms with Crippen molar-refractivity contribution in [2.45, 2.75) is 45.6 Å². The SMILES string of the molecule is CC(C)(C)C(CCN)NC(=O)C1CCOc2ccccc21. The summed E-state index contributed by atoms with van der Waals surface area (Å²) in [6, 6.07) is 7.88. The van der Waals surface area contributed by atoms with E-state index < -0.39 is 0 Å². The molecule has 116 valence electrons. The smallest absolute Gasteiger partial charge is 0.228 e. The van der Waals surface area contributed by atoms with Crippen LogP contribution in [0.15, 0.2) is 24.3 Å². The molecule has 0 aromatic heterocycles. The number of carbonyl (C=O) groups is 1. The van der Waals surface area contributed by atoms with Crippen LogP contribution in [0.3, 0.4) is 0 Å². The first-order valence-corrected chi connectivity index (χ1v) is 7.65. The van der Waals surface area contributed by atoms with Gasteiger partial charge < -0.3 is 15.8 Å². The lowest BCUT2D eigenvalue weighted by Crippen LogP contribution is -2.47. The number of benzene rings is 1. The predicted octanol–water partition coefficient (Wildman–Crippen LogP) is 2.43. The Morgan fingerprint density at radius 3 is 2.81 bits per heavy atom. The maximum atomic E-state index is 12.7. The van der Waals surface area contributed by atoms with Crippen LogP contribution in [0.5, 0.6) is 5.75 Å². The summed E-state index contributed by atoms with van der Waals surface area (Å²) < 4.78 is 5.62. The minimum atomic E-state index is -0.127. The number of amides is 1. The maximum absolute atomic E-state index is 12.7. The molecule has 0 saturated heterocycles. The summed E-state index contributed by atoms with van der Waals surface area (Å²) >= 11 is 0. The van der Waals surface area contributed by atoms with Crippen LogP contribution in [0.2, 0.25) is 0 Å². The normalized spacial score (nSPS) is 19.3. The Kier molecular flexibility index (Phi) is 4.88. The van der Waals surface area contributed by atoms with Gasteiger partial charge in [-0.15, -0.1) is 0 Å². The fourth-order valence-electron chi connectivity index (χ4n) is 2.78. The van der Waals surface area contributed by atoms with Crippen molar-refractivity contribution in [3.8, 4) is 5.75 Å². The molecule has 1 aliphatic heterocycles. The average molecular weight is 290 g/mol. The van der Waals surface area contributed by atoms with Gasteiger partial charge in [-0.1, -0.05) is 39.0 Å². The van der Waals surface area contributed by atoms with Crippen LogP contribution in [-0.4, -0.2) is 25.1 Å². The van der Waals surface area contributed by atoms with Crippen molar-refractivity contribution in [3.63, 3.8) is 0 Å². The molecule has 0 saturated carbocycles. The molecule has 0 radical (unpaired) electrons. The Hall–Kier alpha value is -1.55. The Morgan fingerprint density at radius 1 is 1.43 bits per heavy atom. The summed E-state index contributed by atoms with van der Waals surface area (Å²) in [5.74, 6) is 0.784. The van der Waals surface area contributed by atoms with E-state index in [9.17, 15) is 4.79 Å². The zero-order chi connectivity index (χ0) is 15.5. The summed E-state index contributed by atoms with van der Waals surface area (Å²) in [6.07, 6.45) is 1.52. The van der Waals surface area contributed by atoms with E-state index in [1.807, 2.05) is 24.3 Å². The van der Waals surface area contributed by atoms with Crippen molar-refractivity contribution in [3.05, 3.63) is 29.8 Å². The number of nitrogens with two attached hydrogens (primary N) is 1. The van der Waals surface area contributed by atoms with Crippen LogP contribution < -0.4 is 15.8 Å². The van der Waals surface area contributed by atoms with E-state index in [-0.39, 0.29) is 23.3 Å². The van der Waals surface area contributed by atoms with Crippen molar-refractivity contribution in [2.75, 3.05) is 13.2 Å². The van der Waals surface area contributed by atoms with Crippen molar-refractivity contribution in [1.82, 2.24) is 5.32 Å². The quantitative estimate of drug-likeness (QED) is 0.895. The van der Waals surface area contributed by atoms with Gasteiger partial charge in [-0.2, -0.15) is 0 Å². The van der Waals surface area contributed by atoms with Crippen LogP contribution >= 0.6 is 0 Å². The molecule has 0 aliphatic carbocycles. The average Bonchev–Trinajstić information content (AvgIpc) is 2.45. The first-order chi connectivity index (χ1) is 9.93. The summed E-state index contributed by atoms with van der Waals surface area (Å²) in [5.41, 5.74) is 6.67. The molecule has 1 amide bonds. The Balaban J connectivity index is 2.14. The third kappa shape index (κ3) is 3.76. The molecule has 4 nitrogen and oxygen atoms in total. The van der Waals surface area contributed by atoms with Crippen LogP contribution in [0.1, 0.15) is 45.1 Å². The molecule has 0 spiro atoms. The highest BCUT2D eigenvalue weighted by Gasteiger charge is 2.31. The third-order valence-electron chi connectivity index (χ3n) is 4.09. The molecule has 3 N–H and O–H groups in total. The van der Waals surface area contributed by atoms with Gasteiger partial charge in [0.2, 0.25) is 5.91 Å². The summed E-state index contributed by atoms with van der Waals surface area (Å²) in [6.45, 7) is 7.56. The molecule has 21 heavy (non-hydrogen) atoms. The first-order valence-electron chi connectivity index (χ1n) is 7.65. The van der Waals surface area contributed by atoms with E-state index in [0.717, 1.165) is 24.2 Å². The number of carbonyl (C=O) groups excluding carboxylic acids is 1. The Morgan fingerprint density at radius 2 is 2.14 bits per heavy atom. The highest BCUT2D eigenvalue weighted by atomic mass is 16.5. The van der Waals surface area contributed by atoms with Gasteiger partial charge in [0.1, 0.15) is 5.75 Å². The lowest BCUT2D eigenvalue weighted by atomic mass is 9.83. The van der Waals surface area contributed by atoms with Gasteiger partial charge in [-0.25, -0.2) is 0 Å². The van der Waals surface area contributed by atoms with Gasteiger partial charge in [0.05, 0.1) is 12.5 Å². The largest absolute Gasteiger partial charge is 0.493 e. The third-order valence-corrected chi connectivity index (χ3v) is 4.09. The molecule has 2 atom stereocenters. The van der Waals surface area contributed by atoms with Gasteiger partial charge in [0, 0.05) is 11.6 Å². The minimum Gasteiger partial charge on any atom is -0.493 e. The van der Waals surface area contributed by atoms with Crippen LogP contribution in [0.4, 0.5) is 0 Å². The summed E-state index contributed by atoms with van der Waals surface area (Å²) in [5, 5.41) is 3.19. The van der Waals surface area contributed by atoms with E-state index in [0.29, 0.717) is 13.2 Å². The molecular formula is C17H26N2O2. The number of rotatable bonds is 4. The van der Waals surface area contributed by atoms with Crippen molar-refractivity contribution in [1.29, 1.82) is 0 Å². The second-order valence-electron chi connectivity index (χ2n) is 6.73. The van der Waals surface area contributed by atoms with Gasteiger partial charge >= 0.3 is 0 Å². The molecule has 0 bridgehead atoms. The van der Waals surface area contributed by atoms with E-state index in [1.165, 1.54) is 0 Å². The first kappa shape index (κ1) is 15.8. The molecule has 2 rings (SSSR count). The molecule has 1 heterocycles. The van der Waals surface area contributed by atoms with Gasteiger partial charge in [0.15, 0.2) is 0 Å². The molecule has 2 unspecified atom stereocenters.